The SMILES string of the molecule is CCOC(=O)N1CCC(NC(=O)Cc2csc(NS(C)(=O)=O)n2)CC1. The zero-order chi connectivity index (χ0) is 18.4. The predicted octanol–water partition coefficient (Wildman–Crippen LogP) is 0.794. The first-order valence-corrected chi connectivity index (χ1v) is 10.7. The molecule has 2 amide bonds. The molecule has 0 aromatic carbocycles. The lowest BCUT2D eigenvalue weighted by Gasteiger charge is -2.31. The highest BCUT2D eigenvalue weighted by molar-refractivity contribution is 7.92. The van der Waals surface area contributed by atoms with E-state index in [1.165, 1.54) is 0 Å². The molecule has 0 atom stereocenters. The van der Waals surface area contributed by atoms with Crippen molar-refractivity contribution in [3.63, 3.8) is 0 Å². The molecule has 1 saturated heterocycles. The van der Waals surface area contributed by atoms with Gasteiger partial charge in [-0.3, -0.25) is 9.52 Å². The number of hydrogen-bond acceptors (Lipinski definition) is 7. The summed E-state index contributed by atoms with van der Waals surface area (Å²) in [6, 6.07) is 0.00503. The highest BCUT2D eigenvalue weighted by Crippen LogP contribution is 2.17. The number of carbonyl (C=O) groups is 2. The van der Waals surface area contributed by atoms with Crippen molar-refractivity contribution in [2.45, 2.75) is 32.2 Å². The van der Waals surface area contributed by atoms with Crippen LogP contribution >= 0.6 is 11.3 Å². The van der Waals surface area contributed by atoms with E-state index in [1.807, 2.05) is 0 Å². The van der Waals surface area contributed by atoms with E-state index in [4.69, 9.17) is 4.74 Å². The van der Waals surface area contributed by atoms with E-state index in [9.17, 15) is 18.0 Å². The molecule has 0 radical (unpaired) electrons. The average Bonchev–Trinajstić information content (AvgIpc) is 2.92. The van der Waals surface area contributed by atoms with Crippen molar-refractivity contribution in [1.29, 1.82) is 0 Å². The largest absolute Gasteiger partial charge is 0.450 e. The Bertz CT molecular complexity index is 711. The second-order valence-electron chi connectivity index (χ2n) is 5.72. The van der Waals surface area contributed by atoms with Crippen molar-refractivity contribution in [3.05, 3.63) is 11.1 Å². The molecule has 2 heterocycles. The normalized spacial score (nSPS) is 15.7. The molecule has 1 aromatic rings. The maximum absolute atomic E-state index is 12.1. The zero-order valence-corrected chi connectivity index (χ0v) is 15.8. The number of nitrogens with one attached hydrogen (secondary N) is 2. The second kappa shape index (κ2) is 8.48. The highest BCUT2D eigenvalue weighted by atomic mass is 32.2. The standard InChI is InChI=1S/C14H22N4O5S2/c1-3-23-14(20)18-6-4-10(5-7-18)15-12(19)8-11-9-24-13(16-11)17-25(2,21)22/h9-10H,3-8H2,1-2H3,(H,15,19)(H,16,17). The van der Waals surface area contributed by atoms with Gasteiger partial charge in [-0.1, -0.05) is 0 Å². The van der Waals surface area contributed by atoms with E-state index in [-0.39, 0.29) is 29.6 Å². The Labute approximate surface area is 150 Å². The molecule has 0 spiro atoms. The van der Waals surface area contributed by atoms with Crippen molar-refractivity contribution >= 4 is 38.5 Å². The van der Waals surface area contributed by atoms with Gasteiger partial charge in [-0.2, -0.15) is 0 Å². The summed E-state index contributed by atoms with van der Waals surface area (Å²) in [4.78, 5) is 29.4. The molecule has 0 aliphatic carbocycles. The predicted molar refractivity (Wildman–Crippen MR) is 94.0 cm³/mol. The molecular formula is C14H22N4O5S2. The van der Waals surface area contributed by atoms with Gasteiger partial charge in [0.15, 0.2) is 5.13 Å². The molecule has 0 bridgehead atoms. The first-order chi connectivity index (χ1) is 11.8. The van der Waals surface area contributed by atoms with Gasteiger partial charge < -0.3 is 15.0 Å². The summed E-state index contributed by atoms with van der Waals surface area (Å²) in [6.45, 7) is 3.20. The maximum atomic E-state index is 12.1. The molecule has 1 aliphatic heterocycles. The van der Waals surface area contributed by atoms with Crippen molar-refractivity contribution in [2.75, 3.05) is 30.7 Å². The molecular weight excluding hydrogens is 368 g/mol. The Morgan fingerprint density at radius 1 is 1.40 bits per heavy atom. The quantitative estimate of drug-likeness (QED) is 0.742. The lowest BCUT2D eigenvalue weighted by Crippen LogP contribution is -2.47. The molecule has 1 aliphatic rings. The Morgan fingerprint density at radius 3 is 2.68 bits per heavy atom. The topological polar surface area (TPSA) is 118 Å². The van der Waals surface area contributed by atoms with Gasteiger partial charge in [0, 0.05) is 24.5 Å². The lowest BCUT2D eigenvalue weighted by atomic mass is 10.1. The number of amides is 2. The number of hydrogen-bond donors (Lipinski definition) is 2. The molecule has 140 valence electrons. The van der Waals surface area contributed by atoms with Gasteiger partial charge in [0.05, 0.1) is 25.0 Å². The van der Waals surface area contributed by atoms with Crippen LogP contribution in [0.2, 0.25) is 0 Å². The Balaban J connectivity index is 1.77. The number of nitrogens with zero attached hydrogens (tertiary/aromatic N) is 2. The molecule has 25 heavy (non-hydrogen) atoms. The number of likely N-dealkylation sites (tertiary alicyclic amines) is 1. The third kappa shape index (κ3) is 6.50. The third-order valence-corrected chi connectivity index (χ3v) is 5.05. The van der Waals surface area contributed by atoms with Crippen LogP contribution in [0.15, 0.2) is 5.38 Å². The van der Waals surface area contributed by atoms with Gasteiger partial charge in [0.1, 0.15) is 0 Å². The number of piperidine rings is 1. The molecule has 2 rings (SSSR count). The summed E-state index contributed by atoms with van der Waals surface area (Å²) in [6.07, 6.45) is 2.15. The van der Waals surface area contributed by atoms with E-state index < -0.39 is 10.0 Å². The minimum absolute atomic E-state index is 0.00503. The Hall–Kier alpha value is -1.88. The van der Waals surface area contributed by atoms with Gasteiger partial charge in [-0.05, 0) is 19.8 Å². The number of thiazole rings is 1. The van der Waals surface area contributed by atoms with Gasteiger partial charge in [0.25, 0.3) is 0 Å². The lowest BCUT2D eigenvalue weighted by molar-refractivity contribution is -0.121. The summed E-state index contributed by atoms with van der Waals surface area (Å²) in [7, 11) is -3.38. The van der Waals surface area contributed by atoms with E-state index in [2.05, 4.69) is 15.0 Å². The summed E-state index contributed by atoms with van der Waals surface area (Å²) in [5, 5.41) is 4.82. The van der Waals surface area contributed by atoms with Crippen LogP contribution in [0.25, 0.3) is 0 Å². The smallest absolute Gasteiger partial charge is 0.409 e. The Morgan fingerprint density at radius 2 is 2.08 bits per heavy atom. The number of aromatic nitrogens is 1. The number of rotatable bonds is 6. The molecule has 2 N–H and O–H groups in total. The van der Waals surface area contributed by atoms with E-state index in [1.54, 1.807) is 17.2 Å². The van der Waals surface area contributed by atoms with E-state index in [0.29, 0.717) is 38.2 Å². The van der Waals surface area contributed by atoms with Gasteiger partial charge in [0.2, 0.25) is 15.9 Å². The number of anilines is 1. The summed E-state index contributed by atoms with van der Waals surface area (Å²) < 4.78 is 29.5. The van der Waals surface area contributed by atoms with Crippen LogP contribution in [-0.4, -0.2) is 62.3 Å². The molecule has 0 saturated carbocycles. The molecule has 0 unspecified atom stereocenters. The fourth-order valence-electron chi connectivity index (χ4n) is 2.46. The van der Waals surface area contributed by atoms with Crippen LogP contribution in [0, 0.1) is 0 Å². The van der Waals surface area contributed by atoms with Crippen LogP contribution in [0.5, 0.6) is 0 Å². The summed E-state index contributed by atoms with van der Waals surface area (Å²) in [5.41, 5.74) is 0.512. The summed E-state index contributed by atoms with van der Waals surface area (Å²) in [5.74, 6) is -0.175. The van der Waals surface area contributed by atoms with E-state index >= 15 is 0 Å². The van der Waals surface area contributed by atoms with Gasteiger partial charge in [-0.15, -0.1) is 11.3 Å². The fraction of sp³-hybridized carbons (Fsp3) is 0.643. The van der Waals surface area contributed by atoms with Crippen molar-refractivity contribution in [1.82, 2.24) is 15.2 Å². The second-order valence-corrected chi connectivity index (χ2v) is 8.33. The van der Waals surface area contributed by atoms with E-state index in [0.717, 1.165) is 17.6 Å². The first kappa shape index (κ1) is 19.4. The molecule has 1 aromatic heterocycles. The van der Waals surface area contributed by atoms with Gasteiger partial charge in [-0.25, -0.2) is 18.2 Å². The van der Waals surface area contributed by atoms with Crippen LogP contribution in [0.1, 0.15) is 25.5 Å². The van der Waals surface area contributed by atoms with Crippen molar-refractivity contribution < 1.29 is 22.7 Å². The minimum atomic E-state index is -3.38. The summed E-state index contributed by atoms with van der Waals surface area (Å²) >= 11 is 1.13. The monoisotopic (exact) mass is 390 g/mol. The fourth-order valence-corrected chi connectivity index (χ4v) is 4.02. The van der Waals surface area contributed by atoms with Crippen molar-refractivity contribution in [2.24, 2.45) is 0 Å². The number of ether oxygens (including phenoxy) is 1. The highest BCUT2D eigenvalue weighted by Gasteiger charge is 2.24. The van der Waals surface area contributed by atoms with Crippen molar-refractivity contribution in [3.8, 4) is 0 Å². The zero-order valence-electron chi connectivity index (χ0n) is 14.1. The van der Waals surface area contributed by atoms with Crippen LogP contribution in [0.4, 0.5) is 9.93 Å². The minimum Gasteiger partial charge on any atom is -0.450 e. The van der Waals surface area contributed by atoms with Crippen LogP contribution < -0.4 is 10.0 Å². The number of carbonyl (C=O) groups excluding carboxylic acids is 2. The van der Waals surface area contributed by atoms with Gasteiger partial charge >= 0.3 is 6.09 Å². The molecule has 1 fully saturated rings. The molecule has 9 nitrogen and oxygen atoms in total. The number of sulfonamides is 1. The third-order valence-electron chi connectivity index (χ3n) is 3.55. The van der Waals surface area contributed by atoms with Crippen LogP contribution in [-0.2, 0) is 26.0 Å². The first-order valence-electron chi connectivity index (χ1n) is 7.90. The average molecular weight is 390 g/mol. The molecule has 11 heteroatoms. The van der Waals surface area contributed by atoms with Crippen LogP contribution in [0.3, 0.4) is 0 Å². The maximum Gasteiger partial charge on any atom is 0.409 e. The Kier molecular flexibility index (Phi) is 6.59.